The first kappa shape index (κ1) is 25.3. The largest absolute Gasteiger partial charge is 0.484 e. The topological polar surface area (TPSA) is 66.0 Å². The van der Waals surface area contributed by atoms with Crippen LogP contribution in [0.4, 0.5) is 13.2 Å². The first-order chi connectivity index (χ1) is 13.3. The van der Waals surface area contributed by atoms with Gasteiger partial charge in [0.25, 0.3) is 0 Å². The number of alkyl halides is 3. The fourth-order valence-corrected chi connectivity index (χ4v) is 3.14. The molecule has 1 aromatic rings. The van der Waals surface area contributed by atoms with Crippen LogP contribution in [0.2, 0.25) is 0 Å². The molecule has 1 saturated heterocycles. The number of guanidine groups is 1. The van der Waals surface area contributed by atoms with Crippen molar-refractivity contribution in [2.75, 3.05) is 33.8 Å². The predicted octanol–water partition coefficient (Wildman–Crippen LogP) is 3.17. The molecule has 6 nitrogen and oxygen atoms in total. The minimum atomic E-state index is -4.36. The Labute approximate surface area is 186 Å². The van der Waals surface area contributed by atoms with Crippen molar-refractivity contribution in [3.63, 3.8) is 0 Å². The second-order valence-corrected chi connectivity index (χ2v) is 6.76. The van der Waals surface area contributed by atoms with Gasteiger partial charge in [-0.1, -0.05) is 12.1 Å². The standard InChI is InChI=1S/C19H27F3N4O2.HI/c1-23-17(27)11-14-6-8-26(9-7-14)18(24-2)25-12-15-4-3-5-16(10-15)28-13-19(20,21)22;/h3-5,10,14H,6-9,11-13H2,1-2H3,(H,23,27)(H,24,25);1H. The highest BCUT2D eigenvalue weighted by molar-refractivity contribution is 14.0. The van der Waals surface area contributed by atoms with E-state index in [1.165, 1.54) is 6.07 Å². The molecule has 0 radical (unpaired) electrons. The Balaban J connectivity index is 0.00000420. The van der Waals surface area contributed by atoms with Crippen LogP contribution in [0.5, 0.6) is 5.75 Å². The predicted molar refractivity (Wildman–Crippen MR) is 117 cm³/mol. The first-order valence-electron chi connectivity index (χ1n) is 9.25. The van der Waals surface area contributed by atoms with Crippen LogP contribution >= 0.6 is 24.0 Å². The molecule has 1 heterocycles. The number of halogens is 4. The maximum Gasteiger partial charge on any atom is 0.422 e. The van der Waals surface area contributed by atoms with Crippen molar-refractivity contribution in [1.82, 2.24) is 15.5 Å². The zero-order chi connectivity index (χ0) is 20.6. The Kier molecular flexibility index (Phi) is 10.5. The van der Waals surface area contributed by atoms with Crippen LogP contribution in [0.25, 0.3) is 0 Å². The van der Waals surface area contributed by atoms with E-state index in [-0.39, 0.29) is 35.6 Å². The smallest absolute Gasteiger partial charge is 0.422 e. The van der Waals surface area contributed by atoms with Gasteiger partial charge < -0.3 is 20.3 Å². The van der Waals surface area contributed by atoms with E-state index in [0.29, 0.717) is 18.9 Å². The van der Waals surface area contributed by atoms with Gasteiger partial charge in [0.05, 0.1) is 0 Å². The van der Waals surface area contributed by atoms with E-state index in [0.717, 1.165) is 37.5 Å². The van der Waals surface area contributed by atoms with Crippen molar-refractivity contribution in [3.8, 4) is 5.75 Å². The van der Waals surface area contributed by atoms with E-state index in [2.05, 4.69) is 20.5 Å². The summed E-state index contributed by atoms with van der Waals surface area (Å²) in [6.45, 7) is 0.719. The lowest BCUT2D eigenvalue weighted by atomic mass is 9.93. The van der Waals surface area contributed by atoms with Crippen LogP contribution in [-0.4, -0.2) is 56.7 Å². The lowest BCUT2D eigenvalue weighted by Gasteiger charge is -2.34. The maximum atomic E-state index is 12.3. The van der Waals surface area contributed by atoms with Crippen LogP contribution in [0.15, 0.2) is 29.3 Å². The Bertz CT molecular complexity index is 678. The zero-order valence-electron chi connectivity index (χ0n) is 16.6. The molecule has 0 aliphatic carbocycles. The summed E-state index contributed by atoms with van der Waals surface area (Å²) in [4.78, 5) is 17.9. The molecular weight excluding hydrogens is 500 g/mol. The van der Waals surface area contributed by atoms with Gasteiger partial charge in [-0.25, -0.2) is 0 Å². The first-order valence-corrected chi connectivity index (χ1v) is 9.25. The maximum absolute atomic E-state index is 12.3. The molecule has 1 fully saturated rings. The molecule has 0 atom stereocenters. The highest BCUT2D eigenvalue weighted by Gasteiger charge is 2.28. The molecule has 2 rings (SSSR count). The number of rotatable bonds is 6. The number of likely N-dealkylation sites (tertiary alicyclic amines) is 1. The van der Waals surface area contributed by atoms with Crippen LogP contribution in [-0.2, 0) is 11.3 Å². The van der Waals surface area contributed by atoms with Crippen LogP contribution in [0.3, 0.4) is 0 Å². The third-order valence-corrected chi connectivity index (χ3v) is 4.63. The molecule has 0 aromatic heterocycles. The number of nitrogens with zero attached hydrogens (tertiary/aromatic N) is 2. The summed E-state index contributed by atoms with van der Waals surface area (Å²) in [6.07, 6.45) is -1.99. The lowest BCUT2D eigenvalue weighted by Crippen LogP contribution is -2.45. The Morgan fingerprint density at radius 3 is 2.59 bits per heavy atom. The van der Waals surface area contributed by atoms with Gasteiger partial charge in [0.1, 0.15) is 5.75 Å². The van der Waals surface area contributed by atoms with Gasteiger partial charge >= 0.3 is 6.18 Å². The fourth-order valence-electron chi connectivity index (χ4n) is 3.14. The summed E-state index contributed by atoms with van der Waals surface area (Å²) >= 11 is 0. The molecule has 0 saturated carbocycles. The fraction of sp³-hybridized carbons (Fsp3) is 0.579. The number of carbonyl (C=O) groups excluding carboxylic acids is 1. The molecule has 164 valence electrons. The number of benzene rings is 1. The molecule has 1 aliphatic heterocycles. The molecule has 10 heteroatoms. The molecule has 1 aromatic carbocycles. The molecule has 1 amide bonds. The van der Waals surface area contributed by atoms with Crippen LogP contribution in [0.1, 0.15) is 24.8 Å². The van der Waals surface area contributed by atoms with E-state index < -0.39 is 12.8 Å². The van der Waals surface area contributed by atoms with Crippen molar-refractivity contribution in [1.29, 1.82) is 0 Å². The van der Waals surface area contributed by atoms with Crippen molar-refractivity contribution < 1.29 is 22.7 Å². The average Bonchev–Trinajstić information content (AvgIpc) is 2.68. The summed E-state index contributed by atoms with van der Waals surface area (Å²) < 4.78 is 41.6. The van der Waals surface area contributed by atoms with E-state index in [1.54, 1.807) is 26.2 Å². The van der Waals surface area contributed by atoms with E-state index in [9.17, 15) is 18.0 Å². The Morgan fingerprint density at radius 1 is 1.31 bits per heavy atom. The summed E-state index contributed by atoms with van der Waals surface area (Å²) in [5.74, 6) is 1.35. The highest BCUT2D eigenvalue weighted by atomic mass is 127. The Hall–Kier alpha value is -1.72. The van der Waals surface area contributed by atoms with E-state index in [4.69, 9.17) is 4.74 Å². The number of nitrogens with one attached hydrogen (secondary N) is 2. The quantitative estimate of drug-likeness (QED) is 0.339. The number of hydrogen-bond donors (Lipinski definition) is 2. The molecular formula is C19H28F3IN4O2. The minimum Gasteiger partial charge on any atom is -0.484 e. The van der Waals surface area contributed by atoms with Gasteiger partial charge in [-0.05, 0) is 36.5 Å². The van der Waals surface area contributed by atoms with Gasteiger partial charge in [-0.3, -0.25) is 9.79 Å². The van der Waals surface area contributed by atoms with Gasteiger partial charge in [0.15, 0.2) is 12.6 Å². The summed E-state index contributed by atoms with van der Waals surface area (Å²) in [6, 6.07) is 6.56. The number of amides is 1. The second-order valence-electron chi connectivity index (χ2n) is 6.76. The molecule has 0 unspecified atom stereocenters. The van der Waals surface area contributed by atoms with Crippen molar-refractivity contribution >= 4 is 35.8 Å². The molecule has 29 heavy (non-hydrogen) atoms. The van der Waals surface area contributed by atoms with Gasteiger partial charge in [-0.15, -0.1) is 24.0 Å². The van der Waals surface area contributed by atoms with Gasteiger partial charge in [-0.2, -0.15) is 13.2 Å². The minimum absolute atomic E-state index is 0. The van der Waals surface area contributed by atoms with Crippen LogP contribution in [0, 0.1) is 5.92 Å². The molecule has 2 N–H and O–H groups in total. The van der Waals surface area contributed by atoms with Crippen molar-refractivity contribution in [2.24, 2.45) is 10.9 Å². The number of piperidine rings is 1. The number of hydrogen-bond acceptors (Lipinski definition) is 3. The lowest BCUT2D eigenvalue weighted by molar-refractivity contribution is -0.153. The highest BCUT2D eigenvalue weighted by Crippen LogP contribution is 2.21. The third-order valence-electron chi connectivity index (χ3n) is 4.63. The van der Waals surface area contributed by atoms with Crippen molar-refractivity contribution in [2.45, 2.75) is 32.0 Å². The second kappa shape index (κ2) is 12.1. The number of carbonyl (C=O) groups is 1. The summed E-state index contributed by atoms with van der Waals surface area (Å²) in [5.41, 5.74) is 0.801. The third kappa shape index (κ3) is 9.09. The SMILES string of the molecule is CN=C(NCc1cccc(OCC(F)(F)F)c1)N1CCC(CC(=O)NC)CC1.I. The van der Waals surface area contributed by atoms with Gasteiger partial charge in [0, 0.05) is 40.2 Å². The van der Waals surface area contributed by atoms with E-state index >= 15 is 0 Å². The normalized spacial score (nSPS) is 15.5. The van der Waals surface area contributed by atoms with Crippen molar-refractivity contribution in [3.05, 3.63) is 29.8 Å². The average molecular weight is 528 g/mol. The summed E-state index contributed by atoms with van der Waals surface area (Å²) in [5, 5.41) is 5.90. The Morgan fingerprint density at radius 2 is 2.00 bits per heavy atom. The molecule has 0 spiro atoms. The molecule has 1 aliphatic rings. The van der Waals surface area contributed by atoms with Crippen LogP contribution < -0.4 is 15.4 Å². The zero-order valence-corrected chi connectivity index (χ0v) is 18.9. The number of aliphatic imine (C=N–C) groups is 1. The number of ether oxygens (including phenoxy) is 1. The van der Waals surface area contributed by atoms with E-state index in [1.807, 2.05) is 6.07 Å². The monoisotopic (exact) mass is 528 g/mol. The molecule has 0 bridgehead atoms. The summed E-state index contributed by atoms with van der Waals surface area (Å²) in [7, 11) is 3.34. The van der Waals surface area contributed by atoms with Gasteiger partial charge in [0.2, 0.25) is 5.91 Å².